The van der Waals surface area contributed by atoms with Gasteiger partial charge in [0.25, 0.3) is 0 Å². The van der Waals surface area contributed by atoms with Gasteiger partial charge in [-0.1, -0.05) is 95.1 Å². The Kier molecular flexibility index (Phi) is 7.54. The van der Waals surface area contributed by atoms with Crippen molar-refractivity contribution in [2.24, 2.45) is 0 Å². The third kappa shape index (κ3) is 5.43. The first-order chi connectivity index (χ1) is 16.5. The van der Waals surface area contributed by atoms with Gasteiger partial charge < -0.3 is 5.32 Å². The molecule has 0 aliphatic rings. The van der Waals surface area contributed by atoms with Crippen LogP contribution < -0.4 is 5.32 Å². The van der Waals surface area contributed by atoms with Crippen molar-refractivity contribution in [2.75, 3.05) is 11.1 Å². The fourth-order valence-corrected chi connectivity index (χ4v) is 4.60. The molecular formula is C27H19Cl2N3OS. The lowest BCUT2D eigenvalue weighted by Gasteiger charge is -2.14. The monoisotopic (exact) mass is 503 g/mol. The minimum Gasteiger partial charge on any atom is -0.324 e. The second-order valence-corrected chi connectivity index (χ2v) is 9.29. The first kappa shape index (κ1) is 23.8. The van der Waals surface area contributed by atoms with Gasteiger partial charge in [0.2, 0.25) is 5.91 Å². The predicted molar refractivity (Wildman–Crippen MR) is 140 cm³/mol. The normalized spacial score (nSPS) is 10.5. The Morgan fingerprint density at radius 2 is 1.65 bits per heavy atom. The fraction of sp³-hybridized carbons (Fsp3) is 0.0741. The van der Waals surface area contributed by atoms with Crippen LogP contribution in [-0.4, -0.2) is 16.6 Å². The summed E-state index contributed by atoms with van der Waals surface area (Å²) in [4.78, 5) is 17.4. The summed E-state index contributed by atoms with van der Waals surface area (Å²) in [5.74, 6) is -0.185. The van der Waals surface area contributed by atoms with Crippen LogP contribution in [-0.2, 0) is 4.79 Å². The van der Waals surface area contributed by atoms with Gasteiger partial charge in [-0.15, -0.1) is 0 Å². The molecule has 0 aliphatic carbocycles. The number of nitrogens with one attached hydrogen (secondary N) is 1. The predicted octanol–water partition coefficient (Wildman–Crippen LogP) is 7.63. The van der Waals surface area contributed by atoms with Crippen molar-refractivity contribution in [3.63, 3.8) is 0 Å². The van der Waals surface area contributed by atoms with Crippen molar-refractivity contribution in [1.29, 1.82) is 5.26 Å². The number of benzene rings is 3. The van der Waals surface area contributed by atoms with E-state index in [0.717, 1.165) is 16.7 Å². The van der Waals surface area contributed by atoms with Crippen LogP contribution >= 0.6 is 35.0 Å². The number of nitriles is 1. The number of amides is 1. The molecule has 0 saturated carbocycles. The molecule has 0 spiro atoms. The second-order valence-electron chi connectivity index (χ2n) is 7.51. The second kappa shape index (κ2) is 10.8. The highest BCUT2D eigenvalue weighted by Crippen LogP contribution is 2.37. The van der Waals surface area contributed by atoms with Gasteiger partial charge in [0.15, 0.2) is 0 Å². The largest absolute Gasteiger partial charge is 0.324 e. The number of hydrogen-bond acceptors (Lipinski definition) is 4. The van der Waals surface area contributed by atoms with Crippen LogP contribution in [0.25, 0.3) is 22.4 Å². The van der Waals surface area contributed by atoms with Crippen molar-refractivity contribution in [3.8, 4) is 28.5 Å². The van der Waals surface area contributed by atoms with Crippen molar-refractivity contribution in [3.05, 3.63) is 100 Å². The van der Waals surface area contributed by atoms with Gasteiger partial charge in [0.05, 0.1) is 27.7 Å². The van der Waals surface area contributed by atoms with E-state index < -0.39 is 0 Å². The van der Waals surface area contributed by atoms with Gasteiger partial charge in [0.1, 0.15) is 11.1 Å². The Balaban J connectivity index is 1.72. The van der Waals surface area contributed by atoms with Crippen LogP contribution in [0, 0.1) is 18.3 Å². The average molecular weight is 504 g/mol. The average Bonchev–Trinajstić information content (AvgIpc) is 2.84. The first-order valence-corrected chi connectivity index (χ1v) is 12.1. The Bertz CT molecular complexity index is 1400. The van der Waals surface area contributed by atoms with Crippen LogP contribution in [0.4, 0.5) is 5.69 Å². The first-order valence-electron chi connectivity index (χ1n) is 10.4. The molecular weight excluding hydrogens is 485 g/mol. The number of thioether (sulfide) groups is 1. The zero-order valence-electron chi connectivity index (χ0n) is 18.2. The number of carbonyl (C=O) groups excluding carboxylic acids is 1. The maximum Gasteiger partial charge on any atom is 0.234 e. The molecule has 0 saturated heterocycles. The van der Waals surface area contributed by atoms with Crippen molar-refractivity contribution in [1.82, 2.24) is 4.98 Å². The number of aryl methyl sites for hydroxylation is 1. The molecule has 1 amide bonds. The van der Waals surface area contributed by atoms with Crippen molar-refractivity contribution < 1.29 is 4.79 Å². The van der Waals surface area contributed by atoms with Gasteiger partial charge in [-0.25, -0.2) is 4.98 Å². The Labute approximate surface area is 212 Å². The van der Waals surface area contributed by atoms with E-state index in [4.69, 9.17) is 28.2 Å². The molecule has 0 atom stereocenters. The number of pyridine rings is 1. The van der Waals surface area contributed by atoms with Crippen molar-refractivity contribution in [2.45, 2.75) is 11.9 Å². The quantitative estimate of drug-likeness (QED) is 0.274. The molecule has 4 nitrogen and oxygen atoms in total. The summed E-state index contributed by atoms with van der Waals surface area (Å²) in [5, 5.41) is 14.3. The molecule has 0 bridgehead atoms. The number of halogens is 2. The number of hydrogen-bond donors (Lipinski definition) is 1. The summed E-state index contributed by atoms with van der Waals surface area (Å²) in [7, 11) is 0. The number of nitrogens with zero attached hydrogens (tertiary/aromatic N) is 2. The summed E-state index contributed by atoms with van der Waals surface area (Å²) in [6.45, 7) is 2.02. The highest BCUT2D eigenvalue weighted by atomic mass is 35.5. The van der Waals surface area contributed by atoms with Gasteiger partial charge >= 0.3 is 0 Å². The Hall–Kier alpha value is -3.30. The summed E-state index contributed by atoms with van der Waals surface area (Å²) in [6, 6.07) is 26.5. The third-order valence-corrected chi connectivity index (χ3v) is 6.73. The maximum atomic E-state index is 12.6. The van der Waals surface area contributed by atoms with E-state index in [-0.39, 0.29) is 11.7 Å². The molecule has 1 aromatic heterocycles. The van der Waals surface area contributed by atoms with Crippen molar-refractivity contribution >= 4 is 46.6 Å². The van der Waals surface area contributed by atoms with Crippen LogP contribution in [0.15, 0.2) is 83.9 Å². The van der Waals surface area contributed by atoms with Crippen LogP contribution in [0.2, 0.25) is 10.0 Å². The fourth-order valence-electron chi connectivity index (χ4n) is 3.38. The smallest absolute Gasteiger partial charge is 0.234 e. The molecule has 4 rings (SSSR count). The zero-order valence-corrected chi connectivity index (χ0v) is 20.5. The van der Waals surface area contributed by atoms with Gasteiger partial charge in [0, 0.05) is 21.7 Å². The molecule has 1 N–H and O–H groups in total. The Morgan fingerprint density at radius 3 is 2.32 bits per heavy atom. The molecule has 0 radical (unpaired) electrons. The highest BCUT2D eigenvalue weighted by Gasteiger charge is 2.18. The van der Waals surface area contributed by atoms with Crippen LogP contribution in [0.5, 0.6) is 0 Å². The number of aromatic nitrogens is 1. The van der Waals surface area contributed by atoms with E-state index in [9.17, 15) is 10.1 Å². The molecule has 1 heterocycles. The SMILES string of the molecule is Cc1ccc(-c2cc(-c3ccccc3Cl)c(C#N)c(SCC(=O)Nc3ccccc3Cl)n2)cc1. The molecule has 0 aliphatic heterocycles. The third-order valence-electron chi connectivity index (χ3n) is 5.10. The summed E-state index contributed by atoms with van der Waals surface area (Å²) in [6.07, 6.45) is 0. The van der Waals surface area contributed by atoms with E-state index in [0.29, 0.717) is 37.6 Å². The summed E-state index contributed by atoms with van der Waals surface area (Å²) < 4.78 is 0. The van der Waals surface area contributed by atoms with Gasteiger partial charge in [-0.2, -0.15) is 5.26 Å². The van der Waals surface area contributed by atoms with Gasteiger partial charge in [-0.05, 0) is 31.2 Å². The molecule has 0 fully saturated rings. The lowest BCUT2D eigenvalue weighted by atomic mass is 9.99. The lowest BCUT2D eigenvalue weighted by Crippen LogP contribution is -2.14. The van der Waals surface area contributed by atoms with E-state index in [1.165, 1.54) is 11.8 Å². The van der Waals surface area contributed by atoms with E-state index >= 15 is 0 Å². The van der Waals surface area contributed by atoms with Gasteiger partial charge in [-0.3, -0.25) is 4.79 Å². The molecule has 34 heavy (non-hydrogen) atoms. The number of carbonyl (C=O) groups is 1. The molecule has 168 valence electrons. The van der Waals surface area contributed by atoms with Crippen LogP contribution in [0.3, 0.4) is 0 Å². The number of rotatable bonds is 6. The number of para-hydroxylation sites is 1. The topological polar surface area (TPSA) is 65.8 Å². The summed E-state index contributed by atoms with van der Waals surface area (Å²) >= 11 is 13.8. The lowest BCUT2D eigenvalue weighted by molar-refractivity contribution is -0.113. The maximum absolute atomic E-state index is 12.6. The van der Waals surface area contributed by atoms with Crippen LogP contribution in [0.1, 0.15) is 11.1 Å². The molecule has 4 aromatic rings. The number of anilines is 1. The highest BCUT2D eigenvalue weighted by molar-refractivity contribution is 8.00. The minimum absolute atomic E-state index is 0.0617. The Morgan fingerprint density at radius 1 is 0.971 bits per heavy atom. The zero-order chi connectivity index (χ0) is 24.1. The minimum atomic E-state index is -0.246. The van der Waals surface area contributed by atoms with E-state index in [1.807, 2.05) is 55.5 Å². The van der Waals surface area contributed by atoms with E-state index in [1.54, 1.807) is 30.3 Å². The molecule has 3 aromatic carbocycles. The molecule has 0 unspecified atom stereocenters. The summed E-state index contributed by atoms with van der Waals surface area (Å²) in [5.41, 5.74) is 5.06. The van der Waals surface area contributed by atoms with E-state index in [2.05, 4.69) is 11.4 Å². The molecule has 7 heteroatoms. The standard InChI is InChI=1S/C27H19Cl2N3OS/c1-17-10-12-18(13-11-17)25-14-20(19-6-2-3-7-22(19)28)21(15-30)27(32-25)34-16-26(33)31-24-9-5-4-8-23(24)29/h2-14H,16H2,1H3,(H,31,33).